The van der Waals surface area contributed by atoms with Crippen LogP contribution in [0.1, 0.15) is 41.5 Å². The molecule has 2 heterocycles. The molecule has 130 valence electrons. The molecule has 1 aliphatic rings. The Bertz CT molecular complexity index is 819. The number of imide groups is 1. The van der Waals surface area contributed by atoms with E-state index in [-0.39, 0.29) is 22.4 Å². The molecule has 2 amide bonds. The van der Waals surface area contributed by atoms with E-state index in [1.165, 1.54) is 23.9 Å². The molecule has 0 fully saturated rings. The van der Waals surface area contributed by atoms with Crippen LogP contribution in [0.3, 0.4) is 0 Å². The van der Waals surface area contributed by atoms with Crippen molar-refractivity contribution in [2.75, 3.05) is 5.75 Å². The zero-order valence-electron chi connectivity index (χ0n) is 14.1. The molecule has 0 unspecified atom stereocenters. The molecule has 0 radical (unpaired) electrons. The van der Waals surface area contributed by atoms with Crippen LogP contribution in [-0.2, 0) is 15.2 Å². The first kappa shape index (κ1) is 17.2. The minimum atomic E-state index is -0.692. The summed E-state index contributed by atoms with van der Waals surface area (Å²) < 4.78 is 1.94. The SMILES string of the molecule is CC(C)(C)n1ccnc1SCC(=O)ON1C(=O)c2ccccc2C1=O. The van der Waals surface area contributed by atoms with Crippen molar-refractivity contribution in [1.82, 2.24) is 14.6 Å². The number of hydroxylamine groups is 2. The van der Waals surface area contributed by atoms with Gasteiger partial charge in [-0.05, 0) is 32.9 Å². The third kappa shape index (κ3) is 3.30. The van der Waals surface area contributed by atoms with Crippen LogP contribution in [0.5, 0.6) is 0 Å². The zero-order valence-corrected chi connectivity index (χ0v) is 14.9. The third-order valence-corrected chi connectivity index (χ3v) is 4.54. The van der Waals surface area contributed by atoms with Crippen molar-refractivity contribution in [3.63, 3.8) is 0 Å². The average molecular weight is 359 g/mol. The smallest absolute Gasteiger partial charge is 0.329 e. The van der Waals surface area contributed by atoms with Crippen LogP contribution in [0, 0.1) is 0 Å². The Hall–Kier alpha value is -2.61. The summed E-state index contributed by atoms with van der Waals surface area (Å²) in [6.07, 6.45) is 3.49. The van der Waals surface area contributed by atoms with E-state index in [0.29, 0.717) is 10.2 Å². The minimum absolute atomic E-state index is 0.0689. The lowest BCUT2D eigenvalue weighted by atomic mass is 10.1. The Morgan fingerprint density at radius 1 is 1.16 bits per heavy atom. The number of nitrogens with zero attached hydrogens (tertiary/aromatic N) is 3. The number of carbonyl (C=O) groups is 3. The molecule has 0 saturated carbocycles. The Balaban J connectivity index is 1.64. The summed E-state index contributed by atoms with van der Waals surface area (Å²) in [6, 6.07) is 6.35. The minimum Gasteiger partial charge on any atom is -0.329 e. The van der Waals surface area contributed by atoms with Crippen molar-refractivity contribution < 1.29 is 19.2 Å². The summed E-state index contributed by atoms with van der Waals surface area (Å²) in [5.74, 6) is -2.02. The normalized spacial score (nSPS) is 14.0. The van der Waals surface area contributed by atoms with Crippen LogP contribution in [0.25, 0.3) is 0 Å². The first-order valence-electron chi connectivity index (χ1n) is 7.64. The van der Waals surface area contributed by atoms with Crippen LogP contribution < -0.4 is 0 Å². The maximum absolute atomic E-state index is 12.2. The molecular weight excluding hydrogens is 342 g/mol. The molecule has 1 aliphatic heterocycles. The molecule has 25 heavy (non-hydrogen) atoms. The molecule has 0 spiro atoms. The van der Waals surface area contributed by atoms with Gasteiger partial charge >= 0.3 is 5.97 Å². The second kappa shape index (κ2) is 6.36. The number of amides is 2. The van der Waals surface area contributed by atoms with E-state index < -0.39 is 17.8 Å². The molecule has 0 aliphatic carbocycles. The molecule has 1 aromatic carbocycles. The topological polar surface area (TPSA) is 81.5 Å². The lowest BCUT2D eigenvalue weighted by Crippen LogP contribution is -2.33. The Labute approximate surface area is 148 Å². The van der Waals surface area contributed by atoms with E-state index in [1.54, 1.807) is 18.3 Å². The fourth-order valence-corrected chi connectivity index (χ4v) is 3.32. The second-order valence-electron chi connectivity index (χ2n) is 6.45. The van der Waals surface area contributed by atoms with Crippen LogP contribution >= 0.6 is 11.8 Å². The van der Waals surface area contributed by atoms with E-state index in [0.717, 1.165) is 0 Å². The molecule has 0 atom stereocenters. The van der Waals surface area contributed by atoms with Gasteiger partial charge in [0.25, 0.3) is 11.8 Å². The van der Waals surface area contributed by atoms with Gasteiger partial charge in [-0.15, -0.1) is 0 Å². The van der Waals surface area contributed by atoms with Crippen LogP contribution in [0.2, 0.25) is 0 Å². The van der Waals surface area contributed by atoms with Gasteiger partial charge in [-0.25, -0.2) is 9.78 Å². The van der Waals surface area contributed by atoms with Gasteiger partial charge in [0.15, 0.2) is 5.16 Å². The van der Waals surface area contributed by atoms with Crippen molar-refractivity contribution in [3.05, 3.63) is 47.8 Å². The second-order valence-corrected chi connectivity index (χ2v) is 7.40. The van der Waals surface area contributed by atoms with Crippen LogP contribution in [0.4, 0.5) is 0 Å². The highest BCUT2D eigenvalue weighted by molar-refractivity contribution is 7.99. The van der Waals surface area contributed by atoms with Gasteiger partial charge < -0.3 is 9.40 Å². The fourth-order valence-electron chi connectivity index (χ4n) is 2.41. The monoisotopic (exact) mass is 359 g/mol. The molecule has 3 rings (SSSR count). The molecule has 0 bridgehead atoms. The highest BCUT2D eigenvalue weighted by Gasteiger charge is 2.38. The number of rotatable bonds is 4. The van der Waals surface area contributed by atoms with Crippen LogP contribution in [0.15, 0.2) is 41.8 Å². The van der Waals surface area contributed by atoms with Gasteiger partial charge in [0.1, 0.15) is 5.75 Å². The molecule has 8 heteroatoms. The van der Waals surface area contributed by atoms with Crippen molar-refractivity contribution >= 4 is 29.5 Å². The molecule has 0 N–H and O–H groups in total. The van der Waals surface area contributed by atoms with Crippen molar-refractivity contribution in [3.8, 4) is 0 Å². The number of hydrogen-bond acceptors (Lipinski definition) is 6. The summed E-state index contributed by atoms with van der Waals surface area (Å²) >= 11 is 1.19. The maximum atomic E-state index is 12.2. The largest absolute Gasteiger partial charge is 0.343 e. The van der Waals surface area contributed by atoms with Gasteiger partial charge in [-0.3, -0.25) is 9.59 Å². The number of fused-ring (bicyclic) bond motifs is 1. The molecule has 0 saturated heterocycles. The standard InChI is InChI=1S/C17H17N3O4S/c1-17(2,3)19-9-8-18-16(19)25-10-13(21)24-20-14(22)11-6-4-5-7-12(11)15(20)23/h4-9H,10H2,1-3H3. The molecule has 2 aromatic rings. The van der Waals surface area contributed by atoms with Gasteiger partial charge in [0.05, 0.1) is 11.1 Å². The highest BCUT2D eigenvalue weighted by atomic mass is 32.2. The zero-order chi connectivity index (χ0) is 18.2. The number of benzene rings is 1. The summed E-state index contributed by atoms with van der Waals surface area (Å²) in [5.41, 5.74) is 0.290. The first-order chi connectivity index (χ1) is 11.8. The summed E-state index contributed by atoms with van der Waals surface area (Å²) in [4.78, 5) is 45.6. The predicted molar refractivity (Wildman–Crippen MR) is 91.0 cm³/mol. The average Bonchev–Trinajstić information content (AvgIpc) is 3.13. The molecule has 7 nitrogen and oxygen atoms in total. The van der Waals surface area contributed by atoms with Crippen molar-refractivity contribution in [2.45, 2.75) is 31.5 Å². The lowest BCUT2D eigenvalue weighted by Gasteiger charge is -2.22. The lowest BCUT2D eigenvalue weighted by molar-refractivity contribution is -0.165. The van der Waals surface area contributed by atoms with Gasteiger partial charge in [0.2, 0.25) is 0 Å². The summed E-state index contributed by atoms with van der Waals surface area (Å²) in [6.45, 7) is 6.07. The molecular formula is C17H17N3O4S. The van der Waals surface area contributed by atoms with Gasteiger partial charge in [-0.2, -0.15) is 0 Å². The molecule has 1 aromatic heterocycles. The van der Waals surface area contributed by atoms with E-state index in [4.69, 9.17) is 4.84 Å². The Kier molecular flexibility index (Phi) is 4.38. The van der Waals surface area contributed by atoms with Crippen molar-refractivity contribution in [1.29, 1.82) is 0 Å². The number of thioether (sulfide) groups is 1. The third-order valence-electron chi connectivity index (χ3n) is 3.60. The Morgan fingerprint density at radius 3 is 2.32 bits per heavy atom. The first-order valence-corrected chi connectivity index (χ1v) is 8.63. The van der Waals surface area contributed by atoms with Gasteiger partial charge in [-0.1, -0.05) is 29.0 Å². The number of imidazole rings is 1. The fraction of sp³-hybridized carbons (Fsp3) is 0.294. The van der Waals surface area contributed by atoms with E-state index in [1.807, 2.05) is 31.5 Å². The van der Waals surface area contributed by atoms with Crippen LogP contribution in [-0.4, -0.2) is 38.2 Å². The highest BCUT2D eigenvalue weighted by Crippen LogP contribution is 2.25. The van der Waals surface area contributed by atoms with E-state index in [9.17, 15) is 14.4 Å². The summed E-state index contributed by atoms with van der Waals surface area (Å²) in [7, 11) is 0. The van der Waals surface area contributed by atoms with E-state index >= 15 is 0 Å². The maximum Gasteiger partial charge on any atom is 0.343 e. The number of hydrogen-bond donors (Lipinski definition) is 0. The van der Waals surface area contributed by atoms with Gasteiger partial charge in [0, 0.05) is 17.9 Å². The predicted octanol–water partition coefficient (Wildman–Crippen LogP) is 2.48. The Morgan fingerprint density at radius 2 is 1.76 bits per heavy atom. The quantitative estimate of drug-likeness (QED) is 0.616. The number of carbonyl (C=O) groups excluding carboxylic acids is 3. The number of aromatic nitrogens is 2. The summed E-state index contributed by atoms with van der Waals surface area (Å²) in [5, 5.41) is 1.18. The van der Waals surface area contributed by atoms with E-state index in [2.05, 4.69) is 4.98 Å². The van der Waals surface area contributed by atoms with Crippen molar-refractivity contribution in [2.24, 2.45) is 0 Å².